The number of aromatic nitrogens is 3. The van der Waals surface area contributed by atoms with Crippen LogP contribution in [0.3, 0.4) is 0 Å². The largest absolute Gasteiger partial charge is 0.315 e. The highest BCUT2D eigenvalue weighted by molar-refractivity contribution is 9.10. The van der Waals surface area contributed by atoms with Crippen LogP contribution in [0.25, 0.3) is 0 Å². The van der Waals surface area contributed by atoms with Gasteiger partial charge in [-0.1, -0.05) is 41.1 Å². The Morgan fingerprint density at radius 2 is 2.15 bits per heavy atom. The summed E-state index contributed by atoms with van der Waals surface area (Å²) in [7, 11) is 0. The molecule has 1 saturated heterocycles. The number of rotatable bonds is 5. The van der Waals surface area contributed by atoms with Gasteiger partial charge in [0.05, 0.1) is 0 Å². The van der Waals surface area contributed by atoms with Gasteiger partial charge in [-0.05, 0) is 18.1 Å². The Kier molecular flexibility index (Phi) is 3.89. The molecule has 0 radical (unpaired) electrons. The van der Waals surface area contributed by atoms with E-state index in [1.165, 1.54) is 10.0 Å². The van der Waals surface area contributed by atoms with Crippen LogP contribution in [0.4, 0.5) is 0 Å². The lowest BCUT2D eigenvalue weighted by molar-refractivity contribution is 0.265. The van der Waals surface area contributed by atoms with Crippen molar-refractivity contribution in [3.8, 4) is 0 Å². The van der Waals surface area contributed by atoms with Crippen molar-refractivity contribution in [2.45, 2.75) is 31.7 Å². The van der Waals surface area contributed by atoms with E-state index in [0.717, 1.165) is 38.3 Å². The highest BCUT2D eigenvalue weighted by Crippen LogP contribution is 2.36. The Labute approximate surface area is 127 Å². The normalized spacial score (nSPS) is 16.9. The van der Waals surface area contributed by atoms with Gasteiger partial charge in [-0.15, -0.1) is 0 Å². The maximum atomic E-state index is 4.47. The van der Waals surface area contributed by atoms with Crippen LogP contribution in [0.1, 0.15) is 24.7 Å². The predicted octanol–water partition coefficient (Wildman–Crippen LogP) is 2.53. The van der Waals surface area contributed by atoms with Gasteiger partial charge in [-0.3, -0.25) is 4.68 Å². The van der Waals surface area contributed by atoms with Crippen LogP contribution in [0.5, 0.6) is 0 Å². The molecule has 0 unspecified atom stereocenters. The summed E-state index contributed by atoms with van der Waals surface area (Å²) in [5, 5.41) is 7.75. The van der Waals surface area contributed by atoms with Crippen LogP contribution in [0, 0.1) is 0 Å². The topological polar surface area (TPSA) is 42.7 Å². The van der Waals surface area contributed by atoms with Crippen molar-refractivity contribution in [3.05, 3.63) is 46.5 Å². The van der Waals surface area contributed by atoms with Crippen LogP contribution in [-0.4, -0.2) is 27.9 Å². The number of hydrogen-bond acceptors (Lipinski definition) is 3. The molecule has 0 spiro atoms. The van der Waals surface area contributed by atoms with Crippen molar-refractivity contribution in [1.29, 1.82) is 0 Å². The molecule has 4 nitrogen and oxygen atoms in total. The Bertz CT molecular complexity index is 589. The van der Waals surface area contributed by atoms with Gasteiger partial charge in [0.15, 0.2) is 0 Å². The van der Waals surface area contributed by atoms with E-state index in [1.54, 1.807) is 6.33 Å². The van der Waals surface area contributed by atoms with Gasteiger partial charge < -0.3 is 5.32 Å². The molecule has 2 heterocycles. The van der Waals surface area contributed by atoms with Gasteiger partial charge in [0, 0.05) is 35.9 Å². The molecule has 1 aliphatic rings. The maximum Gasteiger partial charge on any atom is 0.138 e. The third-order valence-corrected chi connectivity index (χ3v) is 4.69. The Hall–Kier alpha value is -1.20. The van der Waals surface area contributed by atoms with E-state index >= 15 is 0 Å². The van der Waals surface area contributed by atoms with Crippen LogP contribution in [0.2, 0.25) is 0 Å². The predicted molar refractivity (Wildman–Crippen MR) is 82.7 cm³/mol. The van der Waals surface area contributed by atoms with Crippen molar-refractivity contribution >= 4 is 15.9 Å². The molecular formula is C15H19BrN4. The van der Waals surface area contributed by atoms with Crippen LogP contribution < -0.4 is 5.32 Å². The molecular weight excluding hydrogens is 316 g/mol. The smallest absolute Gasteiger partial charge is 0.138 e. The molecule has 1 aromatic carbocycles. The minimum atomic E-state index is 0.138. The fraction of sp³-hybridized carbons (Fsp3) is 0.467. The molecule has 0 atom stereocenters. The molecule has 1 fully saturated rings. The van der Waals surface area contributed by atoms with Crippen molar-refractivity contribution in [2.75, 3.05) is 13.1 Å². The first-order chi connectivity index (χ1) is 9.75. The Balaban J connectivity index is 1.90. The van der Waals surface area contributed by atoms with Gasteiger partial charge >= 0.3 is 0 Å². The fourth-order valence-corrected chi connectivity index (χ4v) is 3.56. The molecule has 1 aliphatic heterocycles. The summed E-state index contributed by atoms with van der Waals surface area (Å²) >= 11 is 3.69. The fourth-order valence-electron chi connectivity index (χ4n) is 2.86. The molecule has 1 N–H and O–H groups in total. The molecule has 0 saturated carbocycles. The summed E-state index contributed by atoms with van der Waals surface area (Å²) in [5.41, 5.74) is 1.50. The van der Waals surface area contributed by atoms with Crippen molar-refractivity contribution < 1.29 is 0 Å². The average molecular weight is 335 g/mol. The first kappa shape index (κ1) is 13.8. The number of nitrogens with one attached hydrogen (secondary N) is 1. The van der Waals surface area contributed by atoms with E-state index in [4.69, 9.17) is 0 Å². The van der Waals surface area contributed by atoms with Crippen molar-refractivity contribution in [2.24, 2.45) is 0 Å². The highest BCUT2D eigenvalue weighted by atomic mass is 79.9. The molecule has 5 heteroatoms. The minimum Gasteiger partial charge on any atom is -0.315 e. The summed E-state index contributed by atoms with van der Waals surface area (Å²) in [6, 6.07) is 8.50. The molecule has 2 aromatic rings. The summed E-state index contributed by atoms with van der Waals surface area (Å²) < 4.78 is 3.22. The van der Waals surface area contributed by atoms with Crippen molar-refractivity contribution in [1.82, 2.24) is 20.1 Å². The molecule has 1 aromatic heterocycles. The van der Waals surface area contributed by atoms with E-state index in [2.05, 4.69) is 62.5 Å². The number of aryl methyl sites for hydroxylation is 1. The zero-order chi connectivity index (χ0) is 14.0. The van der Waals surface area contributed by atoms with Gasteiger partial charge in [-0.2, -0.15) is 5.10 Å². The second kappa shape index (κ2) is 5.66. The average Bonchev–Trinajstić information content (AvgIpc) is 2.83. The van der Waals surface area contributed by atoms with Crippen LogP contribution >= 0.6 is 15.9 Å². The van der Waals surface area contributed by atoms with E-state index in [9.17, 15) is 0 Å². The lowest BCUT2D eigenvalue weighted by Crippen LogP contribution is -2.58. The maximum absolute atomic E-state index is 4.47. The van der Waals surface area contributed by atoms with Gasteiger partial charge in [-0.25, -0.2) is 4.98 Å². The summed E-state index contributed by atoms with van der Waals surface area (Å²) in [5.74, 6) is 1.09. The number of hydrogen-bond donors (Lipinski definition) is 1. The summed E-state index contributed by atoms with van der Waals surface area (Å²) in [4.78, 5) is 4.47. The summed E-state index contributed by atoms with van der Waals surface area (Å²) in [6.07, 6.45) is 3.68. The number of benzene rings is 1. The standard InChI is InChI=1S/C15H19BrN4/c1-2-7-20-14(18-11-19-20)8-15(9-17-10-15)12-5-3-4-6-13(12)16/h3-6,11,17H,2,7-10H2,1H3. The Morgan fingerprint density at radius 1 is 1.35 bits per heavy atom. The van der Waals surface area contributed by atoms with Crippen LogP contribution in [0.15, 0.2) is 35.1 Å². The second-order valence-electron chi connectivity index (χ2n) is 5.44. The van der Waals surface area contributed by atoms with Gasteiger partial charge in [0.2, 0.25) is 0 Å². The zero-order valence-electron chi connectivity index (χ0n) is 11.6. The lowest BCUT2D eigenvalue weighted by Gasteiger charge is -2.43. The third-order valence-electron chi connectivity index (χ3n) is 4.00. The molecule has 20 heavy (non-hydrogen) atoms. The summed E-state index contributed by atoms with van der Waals surface area (Å²) in [6.45, 7) is 5.10. The monoisotopic (exact) mass is 334 g/mol. The number of halogens is 1. The minimum absolute atomic E-state index is 0.138. The first-order valence-corrected chi connectivity index (χ1v) is 7.87. The number of nitrogens with zero attached hydrogens (tertiary/aromatic N) is 3. The SMILES string of the molecule is CCCn1ncnc1CC1(c2ccccc2Br)CNC1. The van der Waals surface area contributed by atoms with E-state index < -0.39 is 0 Å². The highest BCUT2D eigenvalue weighted by Gasteiger charge is 2.41. The van der Waals surface area contributed by atoms with E-state index in [1.807, 2.05) is 4.68 Å². The first-order valence-electron chi connectivity index (χ1n) is 7.07. The lowest BCUT2D eigenvalue weighted by atomic mass is 9.72. The van der Waals surface area contributed by atoms with E-state index in [0.29, 0.717) is 0 Å². The second-order valence-corrected chi connectivity index (χ2v) is 6.29. The Morgan fingerprint density at radius 3 is 2.80 bits per heavy atom. The van der Waals surface area contributed by atoms with Crippen molar-refractivity contribution in [3.63, 3.8) is 0 Å². The quantitative estimate of drug-likeness (QED) is 0.913. The van der Waals surface area contributed by atoms with E-state index in [-0.39, 0.29) is 5.41 Å². The van der Waals surface area contributed by atoms with Gasteiger partial charge in [0.25, 0.3) is 0 Å². The van der Waals surface area contributed by atoms with Gasteiger partial charge in [0.1, 0.15) is 12.2 Å². The third kappa shape index (κ3) is 2.40. The molecule has 0 bridgehead atoms. The molecule has 106 valence electrons. The zero-order valence-corrected chi connectivity index (χ0v) is 13.2. The molecule has 0 amide bonds. The molecule has 3 rings (SSSR count). The van der Waals surface area contributed by atoms with Crippen LogP contribution in [-0.2, 0) is 18.4 Å². The molecule has 0 aliphatic carbocycles.